The number of nitrogens with one attached hydrogen (secondary N) is 1. The summed E-state index contributed by atoms with van der Waals surface area (Å²) in [7, 11) is 1.70. The van der Waals surface area contributed by atoms with Gasteiger partial charge in [0.15, 0.2) is 0 Å². The van der Waals surface area contributed by atoms with Gasteiger partial charge in [0.1, 0.15) is 5.75 Å². The molecule has 0 aliphatic carbocycles. The van der Waals surface area contributed by atoms with Crippen molar-refractivity contribution in [1.82, 2.24) is 5.32 Å². The van der Waals surface area contributed by atoms with E-state index < -0.39 is 0 Å². The van der Waals surface area contributed by atoms with Crippen molar-refractivity contribution < 1.29 is 4.74 Å². The van der Waals surface area contributed by atoms with Crippen LogP contribution in [0.25, 0.3) is 0 Å². The molecule has 1 atom stereocenters. The Morgan fingerprint density at radius 3 is 2.50 bits per heavy atom. The minimum atomic E-state index is 0.396. The number of hydrogen-bond donors (Lipinski definition) is 1. The molecule has 3 heteroatoms. The van der Waals surface area contributed by atoms with E-state index in [9.17, 15) is 0 Å². The summed E-state index contributed by atoms with van der Waals surface area (Å²) in [4.78, 5) is 1.46. The number of methoxy groups -OCH3 is 1. The van der Waals surface area contributed by atoms with Crippen LogP contribution in [0, 0.1) is 0 Å². The van der Waals surface area contributed by atoms with E-state index in [4.69, 9.17) is 4.74 Å². The van der Waals surface area contributed by atoms with Crippen LogP contribution in [0.4, 0.5) is 0 Å². The SMILES string of the molecule is CCc1ccsc1CNC(CC)c1ccc(OC)cc1. The molecular weight excluding hydrogens is 266 g/mol. The zero-order valence-electron chi connectivity index (χ0n) is 12.5. The first-order valence-electron chi connectivity index (χ1n) is 7.21. The smallest absolute Gasteiger partial charge is 0.118 e. The lowest BCUT2D eigenvalue weighted by Crippen LogP contribution is -2.20. The highest BCUT2D eigenvalue weighted by atomic mass is 32.1. The van der Waals surface area contributed by atoms with Gasteiger partial charge in [0.25, 0.3) is 0 Å². The van der Waals surface area contributed by atoms with E-state index in [1.165, 1.54) is 16.0 Å². The predicted octanol–water partition coefficient (Wildman–Crippen LogP) is 4.56. The molecule has 0 radical (unpaired) electrons. The van der Waals surface area contributed by atoms with Crippen molar-refractivity contribution in [3.8, 4) is 5.75 Å². The quantitative estimate of drug-likeness (QED) is 0.806. The molecule has 108 valence electrons. The Balaban J connectivity index is 2.01. The summed E-state index contributed by atoms with van der Waals surface area (Å²) in [6, 6.07) is 11.0. The number of hydrogen-bond acceptors (Lipinski definition) is 3. The molecule has 2 nitrogen and oxygen atoms in total. The second-order valence-electron chi connectivity index (χ2n) is 4.84. The summed E-state index contributed by atoms with van der Waals surface area (Å²) in [5.41, 5.74) is 2.79. The van der Waals surface area contributed by atoms with Crippen LogP contribution in [-0.4, -0.2) is 7.11 Å². The number of ether oxygens (including phenoxy) is 1. The molecular formula is C17H23NOS. The van der Waals surface area contributed by atoms with E-state index >= 15 is 0 Å². The Morgan fingerprint density at radius 2 is 1.90 bits per heavy atom. The fraction of sp³-hybridized carbons (Fsp3) is 0.412. The van der Waals surface area contributed by atoms with E-state index in [-0.39, 0.29) is 0 Å². The van der Waals surface area contributed by atoms with Gasteiger partial charge in [0, 0.05) is 17.5 Å². The second-order valence-corrected chi connectivity index (χ2v) is 5.84. The molecule has 2 rings (SSSR count). The third kappa shape index (κ3) is 3.62. The summed E-state index contributed by atoms with van der Waals surface area (Å²) in [5.74, 6) is 0.912. The molecule has 2 aromatic rings. The van der Waals surface area contributed by atoms with Crippen LogP contribution in [0.5, 0.6) is 5.75 Å². The molecule has 0 saturated carbocycles. The molecule has 1 N–H and O–H groups in total. The van der Waals surface area contributed by atoms with Crippen LogP contribution in [0.1, 0.15) is 42.3 Å². The van der Waals surface area contributed by atoms with Crippen LogP contribution >= 0.6 is 11.3 Å². The highest BCUT2D eigenvalue weighted by molar-refractivity contribution is 7.10. The van der Waals surface area contributed by atoms with E-state index in [0.29, 0.717) is 6.04 Å². The summed E-state index contributed by atoms with van der Waals surface area (Å²) >= 11 is 1.85. The second kappa shape index (κ2) is 7.46. The minimum absolute atomic E-state index is 0.396. The topological polar surface area (TPSA) is 21.3 Å². The van der Waals surface area contributed by atoms with Crippen LogP contribution in [0.15, 0.2) is 35.7 Å². The maximum atomic E-state index is 5.21. The lowest BCUT2D eigenvalue weighted by Gasteiger charge is -2.18. The largest absolute Gasteiger partial charge is 0.497 e. The molecule has 0 fully saturated rings. The van der Waals surface area contributed by atoms with Crippen LogP contribution in [0.3, 0.4) is 0 Å². The highest BCUT2D eigenvalue weighted by Crippen LogP contribution is 2.22. The van der Waals surface area contributed by atoms with Crippen molar-refractivity contribution in [2.75, 3.05) is 7.11 Å². The molecule has 0 spiro atoms. The van der Waals surface area contributed by atoms with Gasteiger partial charge in [0.05, 0.1) is 7.11 Å². The third-order valence-electron chi connectivity index (χ3n) is 3.65. The zero-order valence-corrected chi connectivity index (χ0v) is 13.3. The normalized spacial score (nSPS) is 12.3. The van der Waals surface area contributed by atoms with Crippen LogP contribution in [0.2, 0.25) is 0 Å². The Bertz CT molecular complexity index is 518. The van der Waals surface area contributed by atoms with Gasteiger partial charge in [-0.15, -0.1) is 11.3 Å². The monoisotopic (exact) mass is 289 g/mol. The third-order valence-corrected chi connectivity index (χ3v) is 4.62. The lowest BCUT2D eigenvalue weighted by molar-refractivity contribution is 0.414. The van der Waals surface area contributed by atoms with Crippen LogP contribution < -0.4 is 10.1 Å². The van der Waals surface area contributed by atoms with Crippen molar-refractivity contribution in [3.05, 3.63) is 51.7 Å². The zero-order chi connectivity index (χ0) is 14.4. The summed E-state index contributed by atoms with van der Waals surface area (Å²) < 4.78 is 5.21. The molecule has 1 aromatic carbocycles. The van der Waals surface area contributed by atoms with Crippen molar-refractivity contribution in [2.45, 2.75) is 39.3 Å². The first kappa shape index (κ1) is 15.1. The van der Waals surface area contributed by atoms with Gasteiger partial charge in [0.2, 0.25) is 0 Å². The lowest BCUT2D eigenvalue weighted by atomic mass is 10.0. The van der Waals surface area contributed by atoms with Crippen LogP contribution in [-0.2, 0) is 13.0 Å². The first-order chi connectivity index (χ1) is 9.78. The Morgan fingerprint density at radius 1 is 1.15 bits per heavy atom. The molecule has 0 amide bonds. The summed E-state index contributed by atoms with van der Waals surface area (Å²) in [6.07, 6.45) is 2.19. The number of thiophene rings is 1. The Hall–Kier alpha value is -1.32. The average molecular weight is 289 g/mol. The molecule has 0 saturated heterocycles. The van der Waals surface area contributed by atoms with E-state index in [0.717, 1.165) is 25.1 Å². The van der Waals surface area contributed by atoms with Crippen molar-refractivity contribution in [2.24, 2.45) is 0 Å². The summed E-state index contributed by atoms with van der Waals surface area (Å²) in [5, 5.41) is 5.85. The van der Waals surface area contributed by atoms with Gasteiger partial charge in [-0.05, 0) is 47.5 Å². The molecule has 0 bridgehead atoms. The number of aryl methyl sites for hydroxylation is 1. The number of rotatable bonds is 7. The maximum absolute atomic E-state index is 5.21. The standard InChI is InChI=1S/C17H23NOS/c1-4-13-10-11-20-17(13)12-18-16(5-2)14-6-8-15(19-3)9-7-14/h6-11,16,18H,4-5,12H2,1-3H3. The molecule has 0 aliphatic rings. The first-order valence-corrected chi connectivity index (χ1v) is 8.09. The predicted molar refractivity (Wildman–Crippen MR) is 86.6 cm³/mol. The van der Waals surface area contributed by atoms with Gasteiger partial charge < -0.3 is 10.1 Å². The van der Waals surface area contributed by atoms with E-state index in [1.54, 1.807) is 7.11 Å². The average Bonchev–Trinajstić information content (AvgIpc) is 2.96. The molecule has 1 aromatic heterocycles. The fourth-order valence-corrected chi connectivity index (χ4v) is 3.31. The highest BCUT2D eigenvalue weighted by Gasteiger charge is 2.10. The Kier molecular flexibility index (Phi) is 5.62. The maximum Gasteiger partial charge on any atom is 0.118 e. The Labute approximate surface area is 125 Å². The summed E-state index contributed by atoms with van der Waals surface area (Å²) in [6.45, 7) is 5.38. The van der Waals surface area contributed by atoms with Crippen molar-refractivity contribution >= 4 is 11.3 Å². The fourth-order valence-electron chi connectivity index (χ4n) is 2.39. The van der Waals surface area contributed by atoms with Gasteiger partial charge in [-0.25, -0.2) is 0 Å². The molecule has 1 heterocycles. The van der Waals surface area contributed by atoms with Gasteiger partial charge in [-0.1, -0.05) is 26.0 Å². The van der Waals surface area contributed by atoms with Crippen molar-refractivity contribution in [1.29, 1.82) is 0 Å². The molecule has 1 unspecified atom stereocenters. The molecule has 0 aliphatic heterocycles. The van der Waals surface area contributed by atoms with Crippen molar-refractivity contribution in [3.63, 3.8) is 0 Å². The van der Waals surface area contributed by atoms with Gasteiger partial charge in [-0.2, -0.15) is 0 Å². The number of benzene rings is 1. The van der Waals surface area contributed by atoms with E-state index in [1.807, 2.05) is 23.5 Å². The molecule has 20 heavy (non-hydrogen) atoms. The van der Waals surface area contributed by atoms with E-state index in [2.05, 4.69) is 42.7 Å². The van der Waals surface area contributed by atoms with Gasteiger partial charge in [-0.3, -0.25) is 0 Å². The minimum Gasteiger partial charge on any atom is -0.497 e. The van der Waals surface area contributed by atoms with Gasteiger partial charge >= 0.3 is 0 Å².